The topological polar surface area (TPSA) is 109 Å². The minimum atomic E-state index is -1.24. The number of hydrogen-bond acceptors (Lipinski definition) is 5. The Balaban J connectivity index is 2.09. The van der Waals surface area contributed by atoms with E-state index in [9.17, 15) is 20.0 Å². The predicted molar refractivity (Wildman–Crippen MR) is 72.2 cm³/mol. The third-order valence-corrected chi connectivity index (χ3v) is 2.90. The summed E-state index contributed by atoms with van der Waals surface area (Å²) >= 11 is 0. The number of carboxylic acids is 1. The zero-order valence-electron chi connectivity index (χ0n) is 11.0. The Morgan fingerprint density at radius 2 is 1.95 bits per heavy atom. The van der Waals surface area contributed by atoms with Gasteiger partial charge in [0.2, 0.25) is 0 Å². The lowest BCUT2D eigenvalue weighted by Gasteiger charge is -2.15. The Morgan fingerprint density at radius 1 is 1.24 bits per heavy atom. The smallest absolute Gasteiger partial charge is 0.308 e. The van der Waals surface area contributed by atoms with Gasteiger partial charge in [0.1, 0.15) is 6.04 Å². The molecular formula is C14H13N3O4. The third-order valence-electron chi connectivity index (χ3n) is 2.90. The van der Waals surface area contributed by atoms with Crippen LogP contribution in [0.1, 0.15) is 5.56 Å². The quantitative estimate of drug-likeness (QED) is 0.602. The van der Waals surface area contributed by atoms with Crippen molar-refractivity contribution in [2.75, 3.05) is 5.32 Å². The molecule has 1 heterocycles. The molecular weight excluding hydrogens is 274 g/mol. The second-order valence-electron chi connectivity index (χ2n) is 4.42. The normalized spacial score (nSPS) is 11.6. The van der Waals surface area contributed by atoms with Crippen molar-refractivity contribution in [1.82, 2.24) is 0 Å². The molecule has 0 radical (unpaired) electrons. The first kappa shape index (κ1) is 14.4. The van der Waals surface area contributed by atoms with Gasteiger partial charge in [0, 0.05) is 18.6 Å². The average molecular weight is 287 g/mol. The largest absolute Gasteiger partial charge is 0.546 e. The van der Waals surface area contributed by atoms with Gasteiger partial charge in [-0.3, -0.25) is 15.4 Å². The zero-order chi connectivity index (χ0) is 15.2. The summed E-state index contributed by atoms with van der Waals surface area (Å²) in [6.07, 6.45) is 1.44. The number of nitrogens with zero attached hydrogens (tertiary/aromatic N) is 1. The van der Waals surface area contributed by atoms with Crippen LogP contribution >= 0.6 is 0 Å². The summed E-state index contributed by atoms with van der Waals surface area (Å²) in [6.45, 7) is 0. The zero-order valence-corrected chi connectivity index (χ0v) is 11.0. The summed E-state index contributed by atoms with van der Waals surface area (Å²) in [5.41, 5.74) is 0.745. The molecule has 2 aromatic rings. The van der Waals surface area contributed by atoms with Crippen molar-refractivity contribution in [3.8, 4) is 0 Å². The summed E-state index contributed by atoms with van der Waals surface area (Å²) < 4.78 is 0. The van der Waals surface area contributed by atoms with Crippen molar-refractivity contribution in [2.45, 2.75) is 12.5 Å². The molecule has 0 unspecified atom stereocenters. The lowest BCUT2D eigenvalue weighted by molar-refractivity contribution is -0.413. The summed E-state index contributed by atoms with van der Waals surface area (Å²) in [4.78, 5) is 23.8. The van der Waals surface area contributed by atoms with Gasteiger partial charge in [0.15, 0.2) is 6.20 Å². The van der Waals surface area contributed by atoms with Crippen LogP contribution in [0.2, 0.25) is 0 Å². The SMILES string of the molecule is O=C([O-])[C@H](Cc1ccccc1)Nc1ccc([N+](=O)[O-])c[nH+]1. The number of carbonyl (C=O) groups excluding carboxylic acids is 1. The number of hydrogen-bond donors (Lipinski definition) is 1. The van der Waals surface area contributed by atoms with Crippen molar-refractivity contribution in [3.05, 3.63) is 64.3 Å². The molecule has 1 atom stereocenters. The highest BCUT2D eigenvalue weighted by Crippen LogP contribution is 2.11. The number of nitrogens with one attached hydrogen (secondary N) is 2. The molecule has 7 heteroatoms. The summed E-state index contributed by atoms with van der Waals surface area (Å²) in [7, 11) is 0. The molecule has 0 bridgehead atoms. The average Bonchev–Trinajstić information content (AvgIpc) is 2.48. The highest BCUT2D eigenvalue weighted by molar-refractivity contribution is 5.75. The van der Waals surface area contributed by atoms with Crippen LogP contribution < -0.4 is 15.4 Å². The number of pyridine rings is 1. The number of aromatic nitrogens is 1. The van der Waals surface area contributed by atoms with Gasteiger partial charge in [0.25, 0.3) is 5.82 Å². The molecule has 0 saturated heterocycles. The second-order valence-corrected chi connectivity index (χ2v) is 4.42. The lowest BCUT2D eigenvalue weighted by atomic mass is 10.1. The van der Waals surface area contributed by atoms with Crippen LogP contribution in [-0.2, 0) is 11.2 Å². The number of anilines is 1. The van der Waals surface area contributed by atoms with Crippen LogP contribution in [0.5, 0.6) is 0 Å². The highest BCUT2D eigenvalue weighted by Gasteiger charge is 2.17. The molecule has 0 spiro atoms. The van der Waals surface area contributed by atoms with Gasteiger partial charge in [-0.05, 0) is 5.56 Å². The van der Waals surface area contributed by atoms with Crippen molar-refractivity contribution >= 4 is 17.5 Å². The minimum Gasteiger partial charge on any atom is -0.546 e. The van der Waals surface area contributed by atoms with Crippen LogP contribution in [0.25, 0.3) is 0 Å². The van der Waals surface area contributed by atoms with Gasteiger partial charge in [-0.15, -0.1) is 0 Å². The molecule has 2 N–H and O–H groups in total. The molecule has 21 heavy (non-hydrogen) atoms. The van der Waals surface area contributed by atoms with E-state index in [0.717, 1.165) is 5.56 Å². The van der Waals surface area contributed by atoms with E-state index in [0.29, 0.717) is 5.82 Å². The monoisotopic (exact) mass is 287 g/mol. The Bertz CT molecular complexity index is 628. The Hall–Kier alpha value is -2.96. The number of nitro groups is 1. The fraction of sp³-hybridized carbons (Fsp3) is 0.143. The highest BCUT2D eigenvalue weighted by atomic mass is 16.6. The van der Waals surface area contributed by atoms with E-state index >= 15 is 0 Å². The molecule has 0 aliphatic carbocycles. The number of carbonyl (C=O) groups is 1. The molecule has 108 valence electrons. The van der Waals surface area contributed by atoms with E-state index < -0.39 is 16.9 Å². The van der Waals surface area contributed by atoms with E-state index in [-0.39, 0.29) is 12.1 Å². The first-order valence-electron chi connectivity index (χ1n) is 6.23. The number of H-pyrrole nitrogens is 1. The molecule has 0 aliphatic rings. The standard InChI is InChI=1S/C14H13N3O4/c18-14(19)12(8-10-4-2-1-3-5-10)16-13-7-6-11(9-15-13)17(20)21/h1-7,9,12H,8H2,(H,15,16)(H,18,19)/t12-/m0/s1. The minimum absolute atomic E-state index is 0.103. The van der Waals surface area contributed by atoms with Crippen LogP contribution in [0, 0.1) is 10.1 Å². The van der Waals surface area contributed by atoms with E-state index in [1.807, 2.05) is 30.3 Å². The van der Waals surface area contributed by atoms with E-state index in [4.69, 9.17) is 0 Å². The molecule has 0 aliphatic heterocycles. The maximum absolute atomic E-state index is 11.2. The van der Waals surface area contributed by atoms with Crippen molar-refractivity contribution in [1.29, 1.82) is 0 Å². The Labute approximate surface area is 120 Å². The maximum atomic E-state index is 11.2. The predicted octanol–water partition coefficient (Wildman–Crippen LogP) is 0.182. The van der Waals surface area contributed by atoms with Gasteiger partial charge < -0.3 is 9.90 Å². The number of rotatable bonds is 6. The van der Waals surface area contributed by atoms with Gasteiger partial charge in [0.05, 0.1) is 10.9 Å². The Kier molecular flexibility index (Phi) is 4.45. The van der Waals surface area contributed by atoms with Gasteiger partial charge in [-0.25, -0.2) is 4.98 Å². The molecule has 1 aromatic heterocycles. The van der Waals surface area contributed by atoms with Crippen molar-refractivity contribution in [3.63, 3.8) is 0 Å². The van der Waals surface area contributed by atoms with Crippen LogP contribution in [0.4, 0.5) is 11.5 Å². The molecule has 0 amide bonds. The van der Waals surface area contributed by atoms with Crippen LogP contribution in [0.15, 0.2) is 48.7 Å². The first-order chi connectivity index (χ1) is 10.1. The van der Waals surface area contributed by atoms with Gasteiger partial charge in [-0.1, -0.05) is 30.3 Å². The summed E-state index contributed by atoms with van der Waals surface area (Å²) in [5, 5.41) is 24.5. The van der Waals surface area contributed by atoms with Crippen molar-refractivity contribution < 1.29 is 19.8 Å². The number of aromatic amines is 1. The maximum Gasteiger partial charge on any atom is 0.308 e. The molecule has 0 fully saturated rings. The van der Waals surface area contributed by atoms with Crippen molar-refractivity contribution in [2.24, 2.45) is 0 Å². The molecule has 2 rings (SSSR count). The third kappa shape index (κ3) is 4.00. The van der Waals surface area contributed by atoms with Gasteiger partial charge in [-0.2, -0.15) is 0 Å². The lowest BCUT2D eigenvalue weighted by Crippen LogP contribution is -2.43. The van der Waals surface area contributed by atoms with Crippen LogP contribution in [0.3, 0.4) is 0 Å². The summed E-state index contributed by atoms with van der Waals surface area (Å²) in [5.74, 6) is -0.878. The Morgan fingerprint density at radius 3 is 2.48 bits per heavy atom. The molecule has 0 saturated carbocycles. The van der Waals surface area contributed by atoms with E-state index in [2.05, 4.69) is 10.3 Å². The number of aliphatic carboxylic acids is 1. The molecule has 7 nitrogen and oxygen atoms in total. The fourth-order valence-corrected chi connectivity index (χ4v) is 1.85. The second kappa shape index (κ2) is 6.47. The number of benzene rings is 1. The first-order valence-corrected chi connectivity index (χ1v) is 6.23. The summed E-state index contributed by atoms with van der Waals surface area (Å²) in [6, 6.07) is 10.9. The van der Waals surface area contributed by atoms with E-state index in [1.165, 1.54) is 18.3 Å². The number of carboxylic acid groups (broad SMARTS) is 1. The van der Waals surface area contributed by atoms with Crippen LogP contribution in [-0.4, -0.2) is 16.9 Å². The molecule has 1 aromatic carbocycles. The van der Waals surface area contributed by atoms with E-state index in [1.54, 1.807) is 0 Å². The fourth-order valence-electron chi connectivity index (χ4n) is 1.85. The van der Waals surface area contributed by atoms with Gasteiger partial charge >= 0.3 is 5.69 Å².